The van der Waals surface area contributed by atoms with Gasteiger partial charge in [0.1, 0.15) is 11.6 Å². The topological polar surface area (TPSA) is 64.6 Å². The van der Waals surface area contributed by atoms with Crippen LogP contribution in [0.3, 0.4) is 0 Å². The Morgan fingerprint density at radius 2 is 1.77 bits per heavy atom. The van der Waals surface area contributed by atoms with E-state index in [2.05, 4.69) is 10.1 Å². The van der Waals surface area contributed by atoms with Gasteiger partial charge >= 0.3 is 5.97 Å². The first kappa shape index (κ1) is 15.5. The van der Waals surface area contributed by atoms with Gasteiger partial charge in [0.15, 0.2) is 0 Å². The van der Waals surface area contributed by atoms with Crippen LogP contribution in [0, 0.1) is 5.82 Å². The van der Waals surface area contributed by atoms with Gasteiger partial charge in [-0.15, -0.1) is 0 Å². The van der Waals surface area contributed by atoms with Crippen LogP contribution in [-0.2, 0) is 4.74 Å². The summed E-state index contributed by atoms with van der Waals surface area (Å²) in [4.78, 5) is 23.9. The molecule has 5 nitrogen and oxygen atoms in total. The minimum atomic E-state index is -0.659. The van der Waals surface area contributed by atoms with Crippen LogP contribution >= 0.6 is 0 Å². The summed E-state index contributed by atoms with van der Waals surface area (Å²) in [6.45, 7) is 0. The maximum atomic E-state index is 13.6. The fraction of sp³-hybridized carbons (Fsp3) is 0.125. The number of carbonyl (C=O) groups is 2. The highest BCUT2D eigenvalue weighted by Gasteiger charge is 2.17. The first-order valence-electron chi connectivity index (χ1n) is 6.39. The average Bonchev–Trinajstić information content (AvgIpc) is 2.54. The lowest BCUT2D eigenvalue weighted by Crippen LogP contribution is -2.16. The van der Waals surface area contributed by atoms with E-state index in [1.165, 1.54) is 44.6 Å². The van der Waals surface area contributed by atoms with Gasteiger partial charge in [-0.25, -0.2) is 9.18 Å². The number of amides is 1. The van der Waals surface area contributed by atoms with Crippen LogP contribution in [0.4, 0.5) is 10.1 Å². The highest BCUT2D eigenvalue weighted by molar-refractivity contribution is 6.08. The maximum absolute atomic E-state index is 13.6. The fourth-order valence-corrected chi connectivity index (χ4v) is 1.87. The van der Waals surface area contributed by atoms with E-state index in [-0.39, 0.29) is 16.8 Å². The smallest absolute Gasteiger partial charge is 0.340 e. The number of benzene rings is 2. The molecule has 0 aliphatic rings. The lowest BCUT2D eigenvalue weighted by atomic mass is 10.1. The second-order valence-corrected chi connectivity index (χ2v) is 4.34. The first-order valence-corrected chi connectivity index (χ1v) is 6.39. The van der Waals surface area contributed by atoms with E-state index in [0.717, 1.165) is 0 Å². The Labute approximate surface area is 126 Å². The molecule has 1 N–H and O–H groups in total. The van der Waals surface area contributed by atoms with Gasteiger partial charge in [0.05, 0.1) is 31.0 Å². The van der Waals surface area contributed by atoms with Gasteiger partial charge in [0, 0.05) is 0 Å². The molecule has 2 aromatic carbocycles. The van der Waals surface area contributed by atoms with Crippen molar-refractivity contribution >= 4 is 17.6 Å². The zero-order valence-corrected chi connectivity index (χ0v) is 12.1. The molecule has 6 heteroatoms. The third-order valence-corrected chi connectivity index (χ3v) is 3.00. The van der Waals surface area contributed by atoms with Crippen molar-refractivity contribution in [3.05, 3.63) is 59.4 Å². The van der Waals surface area contributed by atoms with Gasteiger partial charge in [0.2, 0.25) is 0 Å². The second-order valence-electron chi connectivity index (χ2n) is 4.34. The third kappa shape index (κ3) is 3.22. The molecule has 0 heterocycles. The molecule has 0 spiro atoms. The fourth-order valence-electron chi connectivity index (χ4n) is 1.87. The first-order chi connectivity index (χ1) is 10.6. The van der Waals surface area contributed by atoms with Crippen LogP contribution in [0.2, 0.25) is 0 Å². The predicted molar refractivity (Wildman–Crippen MR) is 78.7 cm³/mol. The summed E-state index contributed by atoms with van der Waals surface area (Å²) in [6.07, 6.45) is 0. The molecule has 0 aromatic heterocycles. The van der Waals surface area contributed by atoms with E-state index in [1.807, 2.05) is 0 Å². The van der Waals surface area contributed by atoms with Crippen molar-refractivity contribution in [1.82, 2.24) is 0 Å². The number of rotatable bonds is 4. The standard InChI is InChI=1S/C16H14FNO4/c1-21-10-7-8-14(12(9-10)16(20)22-2)18-15(19)11-5-3-4-6-13(11)17/h3-9H,1-2H3,(H,18,19). The van der Waals surface area contributed by atoms with Crippen molar-refractivity contribution in [3.8, 4) is 5.75 Å². The second kappa shape index (κ2) is 6.71. The molecular weight excluding hydrogens is 289 g/mol. The molecule has 0 aliphatic carbocycles. The third-order valence-electron chi connectivity index (χ3n) is 3.00. The number of hydrogen-bond donors (Lipinski definition) is 1. The molecule has 0 saturated heterocycles. The predicted octanol–water partition coefficient (Wildman–Crippen LogP) is 2.87. The normalized spacial score (nSPS) is 9.95. The van der Waals surface area contributed by atoms with E-state index in [9.17, 15) is 14.0 Å². The Bertz CT molecular complexity index is 715. The van der Waals surface area contributed by atoms with Gasteiger partial charge in [-0.05, 0) is 30.3 Å². The molecule has 22 heavy (non-hydrogen) atoms. The summed E-state index contributed by atoms with van der Waals surface area (Å²) in [5.74, 6) is -1.51. The maximum Gasteiger partial charge on any atom is 0.340 e. The number of hydrogen-bond acceptors (Lipinski definition) is 4. The Morgan fingerprint density at radius 1 is 1.05 bits per heavy atom. The van der Waals surface area contributed by atoms with E-state index in [0.29, 0.717) is 5.75 Å². The Hall–Kier alpha value is -2.89. The number of ether oxygens (including phenoxy) is 2. The number of carbonyl (C=O) groups excluding carboxylic acids is 2. The van der Waals surface area contributed by atoms with Crippen molar-refractivity contribution in [2.75, 3.05) is 19.5 Å². The number of esters is 1. The SMILES string of the molecule is COC(=O)c1cc(OC)ccc1NC(=O)c1ccccc1F. The van der Waals surface area contributed by atoms with E-state index in [4.69, 9.17) is 4.74 Å². The van der Waals surface area contributed by atoms with Crippen LogP contribution in [0.15, 0.2) is 42.5 Å². The summed E-state index contributed by atoms with van der Waals surface area (Å²) in [6, 6.07) is 10.1. The molecule has 114 valence electrons. The van der Waals surface area contributed by atoms with Crippen molar-refractivity contribution in [2.45, 2.75) is 0 Å². The highest BCUT2D eigenvalue weighted by atomic mass is 19.1. The van der Waals surface area contributed by atoms with E-state index >= 15 is 0 Å². The van der Waals surface area contributed by atoms with Gasteiger partial charge in [-0.1, -0.05) is 12.1 Å². The van der Waals surface area contributed by atoms with E-state index in [1.54, 1.807) is 12.1 Å². The molecule has 0 radical (unpaired) electrons. The molecule has 1 amide bonds. The number of methoxy groups -OCH3 is 2. The minimum absolute atomic E-state index is 0.117. The van der Waals surface area contributed by atoms with Gasteiger partial charge < -0.3 is 14.8 Å². The Morgan fingerprint density at radius 3 is 2.41 bits per heavy atom. The molecular formula is C16H14FNO4. The van der Waals surface area contributed by atoms with Crippen LogP contribution in [0.5, 0.6) is 5.75 Å². The number of anilines is 1. The molecule has 0 fully saturated rings. The summed E-state index contributed by atoms with van der Waals surface area (Å²) >= 11 is 0. The molecule has 0 unspecified atom stereocenters. The van der Waals surface area contributed by atoms with Crippen molar-refractivity contribution in [1.29, 1.82) is 0 Å². The Kier molecular flexibility index (Phi) is 4.73. The van der Waals surface area contributed by atoms with Crippen LogP contribution in [0.25, 0.3) is 0 Å². The molecule has 0 bridgehead atoms. The lowest BCUT2D eigenvalue weighted by molar-refractivity contribution is 0.0601. The van der Waals surface area contributed by atoms with Crippen LogP contribution in [0.1, 0.15) is 20.7 Å². The lowest BCUT2D eigenvalue weighted by Gasteiger charge is -2.11. The number of halogens is 1. The zero-order valence-electron chi connectivity index (χ0n) is 12.1. The summed E-state index contributed by atoms with van der Waals surface area (Å²) in [5, 5.41) is 2.50. The van der Waals surface area contributed by atoms with Gasteiger partial charge in [-0.3, -0.25) is 4.79 Å². The highest BCUT2D eigenvalue weighted by Crippen LogP contribution is 2.23. The monoisotopic (exact) mass is 303 g/mol. The van der Waals surface area contributed by atoms with Crippen molar-refractivity contribution in [2.24, 2.45) is 0 Å². The quantitative estimate of drug-likeness (QED) is 0.882. The van der Waals surface area contributed by atoms with Crippen LogP contribution < -0.4 is 10.1 Å². The average molecular weight is 303 g/mol. The molecule has 0 aliphatic heterocycles. The Balaban J connectivity index is 2.35. The zero-order chi connectivity index (χ0) is 16.1. The van der Waals surface area contributed by atoms with Crippen molar-refractivity contribution in [3.63, 3.8) is 0 Å². The summed E-state index contributed by atoms with van der Waals surface area (Å²) in [7, 11) is 2.68. The molecule has 2 aromatic rings. The molecule has 0 saturated carbocycles. The van der Waals surface area contributed by atoms with Gasteiger partial charge in [-0.2, -0.15) is 0 Å². The molecule has 0 atom stereocenters. The van der Waals surface area contributed by atoms with Gasteiger partial charge in [0.25, 0.3) is 5.91 Å². The largest absolute Gasteiger partial charge is 0.497 e. The molecule has 2 rings (SSSR count). The summed E-state index contributed by atoms with van der Waals surface area (Å²) in [5.41, 5.74) is 0.210. The number of nitrogens with one attached hydrogen (secondary N) is 1. The van der Waals surface area contributed by atoms with E-state index < -0.39 is 17.7 Å². The minimum Gasteiger partial charge on any atom is -0.497 e. The van der Waals surface area contributed by atoms with Crippen LogP contribution in [-0.4, -0.2) is 26.1 Å². The summed E-state index contributed by atoms with van der Waals surface area (Å²) < 4.78 is 23.3. The van der Waals surface area contributed by atoms with Crippen molar-refractivity contribution < 1.29 is 23.5 Å².